The van der Waals surface area contributed by atoms with E-state index in [1.807, 2.05) is 22.9 Å². The van der Waals surface area contributed by atoms with Crippen molar-refractivity contribution in [3.63, 3.8) is 0 Å². The van der Waals surface area contributed by atoms with Gasteiger partial charge in [0, 0.05) is 30.4 Å². The van der Waals surface area contributed by atoms with Crippen molar-refractivity contribution in [2.45, 2.75) is 18.9 Å². The minimum atomic E-state index is -0.852. The topological polar surface area (TPSA) is 80.5 Å². The number of carbonyl (C=O) groups is 1. The van der Waals surface area contributed by atoms with Crippen LogP contribution in [-0.4, -0.2) is 51.4 Å². The second-order valence-corrected chi connectivity index (χ2v) is 8.61. The molecule has 0 radical (unpaired) electrons. The Morgan fingerprint density at radius 2 is 2.20 bits per heavy atom. The average Bonchev–Trinajstić information content (AvgIpc) is 3.13. The summed E-state index contributed by atoms with van der Waals surface area (Å²) in [5.41, 5.74) is 1.58. The molecule has 1 aliphatic carbocycles. The smallest absolute Gasteiger partial charge is 0.305 e. The molecule has 1 aromatic carbocycles. The highest BCUT2D eigenvalue weighted by Gasteiger charge is 2.53. The number of halogens is 2. The molecule has 5 rings (SSSR count). The first-order valence-electron chi connectivity index (χ1n) is 9.86. The van der Waals surface area contributed by atoms with Crippen molar-refractivity contribution < 1.29 is 14.6 Å². The maximum atomic E-state index is 10.8. The van der Waals surface area contributed by atoms with Crippen LogP contribution in [0.3, 0.4) is 0 Å². The zero-order valence-corrected chi connectivity index (χ0v) is 17.6. The van der Waals surface area contributed by atoms with Crippen LogP contribution in [0.5, 0.6) is 0 Å². The fraction of sp³-hybridized carbons (Fsp3) is 0.381. The van der Waals surface area contributed by atoms with Gasteiger partial charge in [0.2, 0.25) is 0 Å². The lowest BCUT2D eigenvalue weighted by Crippen LogP contribution is -2.37. The van der Waals surface area contributed by atoms with E-state index in [4.69, 9.17) is 38.0 Å². The number of carboxylic acids is 1. The molecule has 0 bridgehead atoms. The van der Waals surface area contributed by atoms with E-state index in [9.17, 15) is 4.79 Å². The van der Waals surface area contributed by atoms with Crippen molar-refractivity contribution in [2.75, 3.05) is 24.7 Å². The summed E-state index contributed by atoms with van der Waals surface area (Å²) in [5, 5.41) is 10.6. The van der Waals surface area contributed by atoms with E-state index in [1.165, 1.54) is 6.42 Å². The van der Waals surface area contributed by atoms with Crippen molar-refractivity contribution in [1.29, 1.82) is 0 Å². The first-order chi connectivity index (χ1) is 14.5. The van der Waals surface area contributed by atoms with Crippen LogP contribution in [0.25, 0.3) is 16.6 Å². The van der Waals surface area contributed by atoms with Crippen molar-refractivity contribution in [3.8, 4) is 5.69 Å². The number of aromatic nitrogens is 3. The lowest BCUT2D eigenvalue weighted by molar-refractivity contribution is -0.138. The van der Waals surface area contributed by atoms with Gasteiger partial charge in [-0.25, -0.2) is 9.97 Å². The van der Waals surface area contributed by atoms with Crippen LogP contribution in [0, 0.1) is 11.8 Å². The van der Waals surface area contributed by atoms with E-state index >= 15 is 0 Å². The van der Waals surface area contributed by atoms with Gasteiger partial charge >= 0.3 is 5.97 Å². The predicted octanol–water partition coefficient (Wildman–Crippen LogP) is 4.04. The third kappa shape index (κ3) is 3.51. The first-order valence-corrected chi connectivity index (χ1v) is 10.6. The third-order valence-electron chi connectivity index (χ3n) is 5.97. The van der Waals surface area contributed by atoms with Gasteiger partial charge in [-0.2, -0.15) is 0 Å². The molecule has 3 aromatic rings. The van der Waals surface area contributed by atoms with E-state index in [0.29, 0.717) is 34.0 Å². The Balaban J connectivity index is 1.52. The molecular weight excluding hydrogens is 427 g/mol. The van der Waals surface area contributed by atoms with Gasteiger partial charge in [-0.3, -0.25) is 4.79 Å². The van der Waals surface area contributed by atoms with Crippen LogP contribution in [0.2, 0.25) is 10.0 Å². The highest BCUT2D eigenvalue weighted by Crippen LogP contribution is 2.51. The lowest BCUT2D eigenvalue weighted by Gasteiger charge is -2.29. The molecule has 1 unspecified atom stereocenters. The van der Waals surface area contributed by atoms with Gasteiger partial charge in [0.15, 0.2) is 0 Å². The van der Waals surface area contributed by atoms with E-state index in [2.05, 4.69) is 9.88 Å². The van der Waals surface area contributed by atoms with Gasteiger partial charge in [-0.1, -0.05) is 23.2 Å². The standard InChI is InChI=1S/C21H20Cl2N4O3/c22-15-2-1-13-16(26-5-4-24-11-26)8-18(25-21(13)20(15)23)27-9-12-7-14(12)17(27)10-30-6-3-19(28)29/h1-2,4-5,8,11-12,14,17H,3,6-7,9-10H2,(H,28,29)/t12?,14-,17+/m0/s1. The number of fused-ring (bicyclic) bond motifs is 2. The summed E-state index contributed by atoms with van der Waals surface area (Å²) in [6.45, 7) is 1.60. The number of hydrogen-bond acceptors (Lipinski definition) is 5. The second-order valence-electron chi connectivity index (χ2n) is 7.83. The Morgan fingerprint density at radius 1 is 1.33 bits per heavy atom. The van der Waals surface area contributed by atoms with Gasteiger partial charge in [-0.05, 0) is 30.4 Å². The molecule has 0 spiro atoms. The molecule has 30 heavy (non-hydrogen) atoms. The fourth-order valence-electron chi connectivity index (χ4n) is 4.38. The lowest BCUT2D eigenvalue weighted by atomic mass is 10.1. The molecule has 0 amide bonds. The maximum Gasteiger partial charge on any atom is 0.305 e. The summed E-state index contributed by atoms with van der Waals surface area (Å²) >= 11 is 12.8. The molecule has 3 atom stereocenters. The number of rotatable bonds is 7. The molecule has 1 aliphatic heterocycles. The second kappa shape index (κ2) is 7.72. The zero-order valence-electron chi connectivity index (χ0n) is 16.0. The zero-order chi connectivity index (χ0) is 20.8. The Morgan fingerprint density at radius 3 is 2.97 bits per heavy atom. The number of pyridine rings is 1. The van der Waals surface area contributed by atoms with Crippen LogP contribution in [0.1, 0.15) is 12.8 Å². The van der Waals surface area contributed by atoms with Gasteiger partial charge in [-0.15, -0.1) is 0 Å². The number of anilines is 1. The molecule has 2 aromatic heterocycles. The Labute approximate surface area is 183 Å². The van der Waals surface area contributed by atoms with E-state index in [-0.39, 0.29) is 19.1 Å². The highest BCUT2D eigenvalue weighted by molar-refractivity contribution is 6.45. The number of carboxylic acid groups (broad SMARTS) is 1. The van der Waals surface area contributed by atoms with E-state index in [1.54, 1.807) is 18.6 Å². The summed E-state index contributed by atoms with van der Waals surface area (Å²) in [6.07, 6.45) is 6.55. The molecular formula is C21H20Cl2N4O3. The number of nitrogens with zero attached hydrogens (tertiary/aromatic N) is 4. The van der Waals surface area contributed by atoms with Crippen molar-refractivity contribution in [2.24, 2.45) is 11.8 Å². The average molecular weight is 447 g/mol. The number of piperidine rings is 1. The van der Waals surface area contributed by atoms with Crippen LogP contribution >= 0.6 is 23.2 Å². The molecule has 1 saturated carbocycles. The fourth-order valence-corrected chi connectivity index (χ4v) is 4.74. The number of hydrogen-bond donors (Lipinski definition) is 1. The minimum absolute atomic E-state index is 0.00786. The van der Waals surface area contributed by atoms with Crippen LogP contribution in [0.15, 0.2) is 36.9 Å². The number of imidazole rings is 1. The summed E-state index contributed by atoms with van der Waals surface area (Å²) in [5.74, 6) is 1.14. The predicted molar refractivity (Wildman–Crippen MR) is 115 cm³/mol. The highest BCUT2D eigenvalue weighted by atomic mass is 35.5. The monoisotopic (exact) mass is 446 g/mol. The Hall–Kier alpha value is -2.35. The summed E-state index contributed by atoms with van der Waals surface area (Å²) in [4.78, 5) is 22.1. The van der Waals surface area contributed by atoms with Crippen molar-refractivity contribution in [1.82, 2.24) is 14.5 Å². The van der Waals surface area contributed by atoms with E-state index < -0.39 is 5.97 Å². The maximum absolute atomic E-state index is 10.8. The molecule has 156 valence electrons. The molecule has 2 aliphatic rings. The summed E-state index contributed by atoms with van der Waals surface area (Å²) in [6, 6.07) is 5.91. The van der Waals surface area contributed by atoms with Crippen molar-refractivity contribution >= 4 is 45.9 Å². The molecule has 3 heterocycles. The third-order valence-corrected chi connectivity index (χ3v) is 6.76. The summed E-state index contributed by atoms with van der Waals surface area (Å²) < 4.78 is 7.63. The molecule has 1 N–H and O–H groups in total. The number of ether oxygens (including phenoxy) is 1. The minimum Gasteiger partial charge on any atom is -0.481 e. The first kappa shape index (κ1) is 19.6. The van der Waals surface area contributed by atoms with E-state index in [0.717, 1.165) is 23.4 Å². The Kier molecular flexibility index (Phi) is 5.05. The molecule has 9 heteroatoms. The summed E-state index contributed by atoms with van der Waals surface area (Å²) in [7, 11) is 0. The van der Waals surface area contributed by atoms with Gasteiger partial charge in [0.25, 0.3) is 0 Å². The normalized spacial score (nSPS) is 22.5. The van der Waals surface area contributed by atoms with Crippen LogP contribution in [-0.2, 0) is 9.53 Å². The molecule has 1 saturated heterocycles. The van der Waals surface area contributed by atoms with Gasteiger partial charge in [0.1, 0.15) is 5.82 Å². The largest absolute Gasteiger partial charge is 0.481 e. The van der Waals surface area contributed by atoms with Crippen LogP contribution < -0.4 is 4.90 Å². The SMILES string of the molecule is O=C(O)CCOC[C@@H]1[C@H]2CC2CN1c1cc(-n2ccnc2)c2ccc(Cl)c(Cl)c2n1. The number of benzene rings is 1. The van der Waals surface area contributed by atoms with Crippen LogP contribution in [0.4, 0.5) is 5.82 Å². The Bertz CT molecular complexity index is 1110. The van der Waals surface area contributed by atoms with Crippen molar-refractivity contribution in [3.05, 3.63) is 47.0 Å². The van der Waals surface area contributed by atoms with Gasteiger partial charge in [0.05, 0.1) is 53.3 Å². The number of aliphatic carboxylic acids is 1. The molecule has 2 fully saturated rings. The quantitative estimate of drug-likeness (QED) is 0.551. The van der Waals surface area contributed by atoms with Gasteiger partial charge < -0.3 is 19.3 Å². The molecule has 7 nitrogen and oxygen atoms in total.